The van der Waals surface area contributed by atoms with Crippen LogP contribution in [0.2, 0.25) is 0 Å². The van der Waals surface area contributed by atoms with Crippen molar-refractivity contribution in [2.24, 2.45) is 5.14 Å². The molecule has 3 N–H and O–H groups in total. The Morgan fingerprint density at radius 1 is 1.04 bits per heavy atom. The number of nitrogens with zero attached hydrogens (tertiary/aromatic N) is 2. The standard InChI is InChI=1S/C18H20N4S2/c1-22(2)12-14-10-9-13-5-3-8-17(18(13)20-14)21-24-16-7-4-6-15(11-16)23-19/h3-11,21H,12,19H2,1-2H3. The third-order valence-corrected chi connectivity index (χ3v) is 4.81. The zero-order chi connectivity index (χ0) is 16.9. The Balaban J connectivity index is 1.85. The van der Waals surface area contributed by atoms with Crippen molar-refractivity contribution >= 4 is 40.5 Å². The second kappa shape index (κ2) is 7.90. The van der Waals surface area contributed by atoms with Gasteiger partial charge in [-0.15, -0.1) is 0 Å². The molecule has 1 aromatic heterocycles. The van der Waals surface area contributed by atoms with E-state index in [1.54, 1.807) is 11.9 Å². The molecule has 0 aliphatic heterocycles. The summed E-state index contributed by atoms with van der Waals surface area (Å²) in [4.78, 5) is 9.10. The van der Waals surface area contributed by atoms with E-state index in [2.05, 4.69) is 46.0 Å². The molecule has 6 heteroatoms. The van der Waals surface area contributed by atoms with E-state index in [1.165, 1.54) is 11.9 Å². The van der Waals surface area contributed by atoms with Crippen LogP contribution >= 0.6 is 23.9 Å². The van der Waals surface area contributed by atoms with Crippen LogP contribution in [0, 0.1) is 0 Å². The predicted octanol–water partition coefficient (Wildman–Crippen LogP) is 4.38. The number of hydrogen-bond donors (Lipinski definition) is 2. The van der Waals surface area contributed by atoms with E-state index < -0.39 is 0 Å². The van der Waals surface area contributed by atoms with Crippen molar-refractivity contribution in [2.45, 2.75) is 16.3 Å². The molecule has 4 nitrogen and oxygen atoms in total. The van der Waals surface area contributed by atoms with Gasteiger partial charge in [-0.25, -0.2) is 4.98 Å². The van der Waals surface area contributed by atoms with Gasteiger partial charge in [-0.2, -0.15) is 0 Å². The Bertz CT molecular complexity index is 836. The summed E-state index contributed by atoms with van der Waals surface area (Å²) in [6.45, 7) is 0.827. The lowest BCUT2D eigenvalue weighted by molar-refractivity contribution is 0.397. The molecule has 3 aromatic rings. The Morgan fingerprint density at radius 2 is 1.83 bits per heavy atom. The van der Waals surface area contributed by atoms with Gasteiger partial charge < -0.3 is 9.62 Å². The molecule has 24 heavy (non-hydrogen) atoms. The van der Waals surface area contributed by atoms with Crippen LogP contribution in [0.25, 0.3) is 10.9 Å². The zero-order valence-corrected chi connectivity index (χ0v) is 15.3. The van der Waals surface area contributed by atoms with Gasteiger partial charge in [-0.1, -0.05) is 24.3 Å². The number of anilines is 1. The van der Waals surface area contributed by atoms with Crippen LogP contribution in [0.1, 0.15) is 5.69 Å². The van der Waals surface area contributed by atoms with Crippen molar-refractivity contribution in [1.82, 2.24) is 9.88 Å². The van der Waals surface area contributed by atoms with Crippen LogP contribution in [0.3, 0.4) is 0 Å². The van der Waals surface area contributed by atoms with E-state index in [9.17, 15) is 0 Å². The van der Waals surface area contributed by atoms with Gasteiger partial charge in [-0.3, -0.25) is 5.14 Å². The van der Waals surface area contributed by atoms with E-state index in [4.69, 9.17) is 10.1 Å². The number of fused-ring (bicyclic) bond motifs is 1. The molecule has 0 atom stereocenters. The number of nitrogens with two attached hydrogens (primary N) is 1. The molecule has 0 fully saturated rings. The molecule has 1 heterocycles. The summed E-state index contributed by atoms with van der Waals surface area (Å²) >= 11 is 2.83. The van der Waals surface area contributed by atoms with E-state index in [1.807, 2.05) is 32.3 Å². The number of rotatable bonds is 6. The SMILES string of the molecule is CN(C)Cc1ccc2cccc(NSc3cccc(SN)c3)c2n1. The van der Waals surface area contributed by atoms with E-state index in [-0.39, 0.29) is 0 Å². The van der Waals surface area contributed by atoms with Crippen molar-refractivity contribution in [3.8, 4) is 0 Å². The fourth-order valence-corrected chi connectivity index (χ4v) is 3.56. The lowest BCUT2D eigenvalue weighted by Crippen LogP contribution is -2.11. The average Bonchev–Trinajstić information content (AvgIpc) is 2.59. The largest absolute Gasteiger partial charge is 0.324 e. The maximum Gasteiger partial charge on any atom is 0.0945 e. The maximum absolute atomic E-state index is 5.63. The van der Waals surface area contributed by atoms with Crippen LogP contribution in [0.5, 0.6) is 0 Å². The Labute approximate surface area is 151 Å². The Morgan fingerprint density at radius 3 is 2.62 bits per heavy atom. The van der Waals surface area contributed by atoms with Crippen LogP contribution in [-0.2, 0) is 6.54 Å². The number of nitrogens with one attached hydrogen (secondary N) is 1. The van der Waals surface area contributed by atoms with Gasteiger partial charge in [0.2, 0.25) is 0 Å². The highest BCUT2D eigenvalue weighted by atomic mass is 32.2. The highest BCUT2D eigenvalue weighted by molar-refractivity contribution is 8.00. The summed E-state index contributed by atoms with van der Waals surface area (Å²) in [5, 5.41) is 6.76. The number of benzene rings is 2. The van der Waals surface area contributed by atoms with Crippen LogP contribution in [0.15, 0.2) is 64.4 Å². The Kier molecular flexibility index (Phi) is 5.63. The van der Waals surface area contributed by atoms with Crippen LogP contribution in [-0.4, -0.2) is 24.0 Å². The molecule has 0 amide bonds. The molecule has 124 valence electrons. The third kappa shape index (κ3) is 4.21. The molecule has 2 aromatic carbocycles. The highest BCUT2D eigenvalue weighted by Gasteiger charge is 2.06. The normalized spacial score (nSPS) is 11.2. The first-order valence-corrected chi connectivity index (χ1v) is 9.28. The molecule has 0 bridgehead atoms. The summed E-state index contributed by atoms with van der Waals surface area (Å²) < 4.78 is 3.43. The molecule has 0 saturated carbocycles. The first-order chi connectivity index (χ1) is 11.7. The first-order valence-electron chi connectivity index (χ1n) is 7.59. The Hall–Kier alpha value is -1.73. The molecule has 3 rings (SSSR count). The van der Waals surface area contributed by atoms with Gasteiger partial charge in [0.1, 0.15) is 0 Å². The third-order valence-electron chi connectivity index (χ3n) is 3.48. The van der Waals surface area contributed by atoms with E-state index >= 15 is 0 Å². The second-order valence-corrected chi connectivity index (χ2v) is 7.30. The fourth-order valence-electron chi connectivity index (χ4n) is 2.41. The zero-order valence-electron chi connectivity index (χ0n) is 13.7. The van der Waals surface area contributed by atoms with Crippen LogP contribution < -0.4 is 9.86 Å². The maximum atomic E-state index is 5.63. The molecule has 0 aliphatic rings. The van der Waals surface area contributed by atoms with Gasteiger partial charge in [0.05, 0.1) is 16.9 Å². The smallest absolute Gasteiger partial charge is 0.0945 e. The number of hydrogen-bond acceptors (Lipinski definition) is 6. The minimum atomic E-state index is 0.827. The van der Waals surface area contributed by atoms with Gasteiger partial charge in [0, 0.05) is 21.7 Å². The minimum absolute atomic E-state index is 0.827. The minimum Gasteiger partial charge on any atom is -0.324 e. The van der Waals surface area contributed by atoms with Crippen molar-refractivity contribution in [1.29, 1.82) is 0 Å². The van der Waals surface area contributed by atoms with Crippen molar-refractivity contribution in [3.05, 3.63) is 60.3 Å². The van der Waals surface area contributed by atoms with Crippen molar-refractivity contribution < 1.29 is 0 Å². The average molecular weight is 357 g/mol. The van der Waals surface area contributed by atoms with Gasteiger partial charge in [0.25, 0.3) is 0 Å². The fraction of sp³-hybridized carbons (Fsp3) is 0.167. The summed E-state index contributed by atoms with van der Waals surface area (Å²) in [5.41, 5.74) is 3.07. The second-order valence-electron chi connectivity index (χ2n) is 5.71. The van der Waals surface area contributed by atoms with E-state index in [0.717, 1.165) is 38.6 Å². The topological polar surface area (TPSA) is 54.2 Å². The first kappa shape index (κ1) is 17.1. The van der Waals surface area contributed by atoms with Gasteiger partial charge in [-0.05, 0) is 68.3 Å². The molecule has 0 spiro atoms. The summed E-state index contributed by atoms with van der Waals surface area (Å²) in [6, 6.07) is 18.5. The molecule has 0 unspecified atom stereocenters. The molecule has 0 radical (unpaired) electrons. The van der Waals surface area contributed by atoms with Crippen LogP contribution in [0.4, 0.5) is 5.69 Å². The van der Waals surface area contributed by atoms with E-state index in [0.29, 0.717) is 0 Å². The van der Waals surface area contributed by atoms with Gasteiger partial charge in [0.15, 0.2) is 0 Å². The molecule has 0 aliphatic carbocycles. The lowest BCUT2D eigenvalue weighted by Gasteiger charge is -2.12. The molecular formula is C18H20N4S2. The summed E-state index contributed by atoms with van der Waals surface area (Å²) in [5.74, 6) is 0. The monoisotopic (exact) mass is 356 g/mol. The number of pyridine rings is 1. The van der Waals surface area contributed by atoms with Crippen molar-refractivity contribution in [3.63, 3.8) is 0 Å². The highest BCUT2D eigenvalue weighted by Crippen LogP contribution is 2.28. The molecule has 0 saturated heterocycles. The summed E-state index contributed by atoms with van der Waals surface area (Å²) in [6.07, 6.45) is 0. The lowest BCUT2D eigenvalue weighted by atomic mass is 10.2. The number of para-hydroxylation sites is 1. The van der Waals surface area contributed by atoms with Crippen molar-refractivity contribution in [2.75, 3.05) is 18.8 Å². The predicted molar refractivity (Wildman–Crippen MR) is 105 cm³/mol. The van der Waals surface area contributed by atoms with Gasteiger partial charge >= 0.3 is 0 Å². The number of aromatic nitrogens is 1. The summed E-state index contributed by atoms with van der Waals surface area (Å²) in [7, 11) is 4.10. The molecular weight excluding hydrogens is 336 g/mol. The quantitative estimate of drug-likeness (QED) is 0.639.